The largest absolute Gasteiger partial charge is 0.479 e. The van der Waals surface area contributed by atoms with Crippen LogP contribution in [-0.4, -0.2) is 13.5 Å². The molecule has 1 nitrogen and oxygen atoms in total. The highest BCUT2D eigenvalue weighted by Gasteiger charge is 2.20. The lowest BCUT2D eigenvalue weighted by atomic mass is 9.87. The lowest BCUT2D eigenvalue weighted by Crippen LogP contribution is -2.19. The molecular formula is C2H6BF3N-. The highest BCUT2D eigenvalue weighted by molar-refractivity contribution is 6.58. The molecule has 0 aromatic rings. The molecular weight excluding hydrogens is 106 g/mol. The summed E-state index contributed by atoms with van der Waals surface area (Å²) >= 11 is 0. The van der Waals surface area contributed by atoms with Crippen LogP contribution in [0.15, 0.2) is 0 Å². The van der Waals surface area contributed by atoms with Crippen LogP contribution >= 0.6 is 0 Å². The predicted octanol–water partition coefficient (Wildman–Crippen LogP) is 0.793. The number of hydrogen-bond donors (Lipinski definition) is 1. The summed E-state index contributed by atoms with van der Waals surface area (Å²) in [6.07, 6.45) is -0.819. The zero-order valence-electron chi connectivity index (χ0n) is 3.70. The molecule has 0 heterocycles. The summed E-state index contributed by atoms with van der Waals surface area (Å²) < 4.78 is 33.1. The molecule has 2 N–H and O–H groups in total. The SMILES string of the molecule is NCC[B-](F)(F)F. The van der Waals surface area contributed by atoms with Gasteiger partial charge in [0.15, 0.2) is 0 Å². The minimum Gasteiger partial charge on any atom is -0.449 e. The molecule has 0 unspecified atom stereocenters. The molecule has 0 radical (unpaired) electrons. The third-order valence-electron chi connectivity index (χ3n) is 0.494. The summed E-state index contributed by atoms with van der Waals surface area (Å²) in [5.74, 6) is 0. The van der Waals surface area contributed by atoms with E-state index in [4.69, 9.17) is 0 Å². The fraction of sp³-hybridized carbons (Fsp3) is 1.00. The van der Waals surface area contributed by atoms with Gasteiger partial charge >= 0.3 is 6.98 Å². The Morgan fingerprint density at radius 3 is 1.71 bits per heavy atom. The predicted molar refractivity (Wildman–Crippen MR) is 22.9 cm³/mol. The average Bonchev–Trinajstić information content (AvgIpc) is 1.30. The molecule has 5 heteroatoms. The molecule has 7 heavy (non-hydrogen) atoms. The molecule has 0 bridgehead atoms. The van der Waals surface area contributed by atoms with E-state index in [0.717, 1.165) is 0 Å². The van der Waals surface area contributed by atoms with Crippen LogP contribution in [0.4, 0.5) is 12.9 Å². The molecule has 0 aromatic heterocycles. The van der Waals surface area contributed by atoms with Crippen molar-refractivity contribution in [2.75, 3.05) is 6.54 Å². The molecule has 0 aliphatic carbocycles. The fourth-order valence-electron chi connectivity index (χ4n) is 0.189. The minimum absolute atomic E-state index is 0.288. The van der Waals surface area contributed by atoms with Gasteiger partial charge in [-0.15, -0.1) is 0 Å². The Balaban J connectivity index is 3.15. The lowest BCUT2D eigenvalue weighted by Gasteiger charge is -2.09. The molecule has 0 aliphatic rings. The standard InChI is InChI=1S/C2H6BF3N/c4-3(5,6)1-2-7/h1-2,7H2/q-1. The molecule has 0 fully saturated rings. The van der Waals surface area contributed by atoms with Crippen molar-refractivity contribution in [3.8, 4) is 0 Å². The van der Waals surface area contributed by atoms with Crippen LogP contribution in [0.1, 0.15) is 0 Å². The summed E-state index contributed by atoms with van der Waals surface area (Å²) in [5, 5.41) is 0. The molecule has 0 saturated heterocycles. The maximum atomic E-state index is 11.0. The van der Waals surface area contributed by atoms with E-state index in [0.29, 0.717) is 0 Å². The maximum absolute atomic E-state index is 11.0. The Morgan fingerprint density at radius 1 is 1.29 bits per heavy atom. The van der Waals surface area contributed by atoms with E-state index in [9.17, 15) is 12.9 Å². The first-order chi connectivity index (χ1) is 3.06. The molecule has 0 aliphatic heterocycles. The van der Waals surface area contributed by atoms with E-state index >= 15 is 0 Å². The van der Waals surface area contributed by atoms with E-state index in [2.05, 4.69) is 5.73 Å². The smallest absolute Gasteiger partial charge is 0.449 e. The van der Waals surface area contributed by atoms with Gasteiger partial charge in [-0.1, -0.05) is 6.32 Å². The molecule has 0 amide bonds. The van der Waals surface area contributed by atoms with Crippen molar-refractivity contribution < 1.29 is 12.9 Å². The molecule has 0 spiro atoms. The van der Waals surface area contributed by atoms with Crippen molar-refractivity contribution in [1.29, 1.82) is 0 Å². The van der Waals surface area contributed by atoms with Gasteiger partial charge in [0.2, 0.25) is 0 Å². The third kappa shape index (κ3) is 5.81. The number of hydrogen-bond acceptors (Lipinski definition) is 1. The minimum atomic E-state index is -4.62. The van der Waals surface area contributed by atoms with Gasteiger partial charge in [0.05, 0.1) is 0 Å². The zero-order valence-corrected chi connectivity index (χ0v) is 3.70. The topological polar surface area (TPSA) is 26.0 Å². The van der Waals surface area contributed by atoms with E-state index in [1.807, 2.05) is 0 Å². The van der Waals surface area contributed by atoms with Crippen molar-refractivity contribution in [2.45, 2.75) is 6.32 Å². The van der Waals surface area contributed by atoms with Crippen molar-refractivity contribution in [3.05, 3.63) is 0 Å². The third-order valence-corrected chi connectivity index (χ3v) is 0.494. The normalized spacial score (nSPS) is 12.0. The second-order valence-electron chi connectivity index (χ2n) is 1.29. The van der Waals surface area contributed by atoms with Crippen LogP contribution in [0, 0.1) is 0 Å². The Bertz CT molecular complexity index is 51.4. The molecule has 0 aromatic carbocycles. The highest BCUT2D eigenvalue weighted by atomic mass is 19.4. The summed E-state index contributed by atoms with van der Waals surface area (Å²) in [4.78, 5) is 0. The Labute approximate surface area is 39.7 Å². The van der Waals surface area contributed by atoms with Gasteiger partial charge in [-0.05, 0) is 6.54 Å². The number of rotatable bonds is 2. The van der Waals surface area contributed by atoms with Crippen molar-refractivity contribution in [1.82, 2.24) is 0 Å². The number of nitrogens with two attached hydrogens (primary N) is 1. The van der Waals surface area contributed by atoms with Crippen LogP contribution in [0.2, 0.25) is 6.32 Å². The molecule has 0 atom stereocenters. The fourth-order valence-corrected chi connectivity index (χ4v) is 0.189. The van der Waals surface area contributed by atoms with E-state index < -0.39 is 13.3 Å². The van der Waals surface area contributed by atoms with Gasteiger partial charge in [-0.2, -0.15) is 0 Å². The first-order valence-corrected chi connectivity index (χ1v) is 1.97. The van der Waals surface area contributed by atoms with Gasteiger partial charge in [-0.25, -0.2) is 0 Å². The Hall–Kier alpha value is -0.185. The van der Waals surface area contributed by atoms with Gasteiger partial charge in [-0.3, -0.25) is 0 Å². The lowest BCUT2D eigenvalue weighted by molar-refractivity contribution is 0.469. The summed E-state index contributed by atoms with van der Waals surface area (Å²) in [5.41, 5.74) is 4.61. The van der Waals surface area contributed by atoms with Crippen LogP contribution in [0.25, 0.3) is 0 Å². The second kappa shape index (κ2) is 2.21. The van der Waals surface area contributed by atoms with Gasteiger partial charge in [0.1, 0.15) is 0 Å². The van der Waals surface area contributed by atoms with Crippen molar-refractivity contribution in [3.63, 3.8) is 0 Å². The van der Waals surface area contributed by atoms with Crippen molar-refractivity contribution in [2.24, 2.45) is 5.73 Å². The summed E-state index contributed by atoms with van der Waals surface area (Å²) in [6, 6.07) is 0. The van der Waals surface area contributed by atoms with Crippen LogP contribution < -0.4 is 5.73 Å². The first kappa shape index (κ1) is 6.81. The van der Waals surface area contributed by atoms with Gasteiger partial charge in [0, 0.05) is 0 Å². The summed E-state index contributed by atoms with van der Waals surface area (Å²) in [7, 11) is 0. The average molecular weight is 112 g/mol. The van der Waals surface area contributed by atoms with Crippen LogP contribution in [-0.2, 0) is 0 Å². The Morgan fingerprint density at radius 2 is 1.71 bits per heavy atom. The monoisotopic (exact) mass is 112 g/mol. The molecule has 0 saturated carbocycles. The maximum Gasteiger partial charge on any atom is 0.479 e. The van der Waals surface area contributed by atoms with E-state index in [1.165, 1.54) is 0 Å². The highest BCUT2D eigenvalue weighted by Crippen LogP contribution is 2.11. The number of halogens is 3. The van der Waals surface area contributed by atoms with Crippen molar-refractivity contribution >= 4 is 6.98 Å². The zero-order chi connectivity index (χ0) is 5.91. The first-order valence-electron chi connectivity index (χ1n) is 1.97. The van der Waals surface area contributed by atoms with E-state index in [1.54, 1.807) is 0 Å². The van der Waals surface area contributed by atoms with Gasteiger partial charge in [0.25, 0.3) is 0 Å². The van der Waals surface area contributed by atoms with Gasteiger partial charge < -0.3 is 18.7 Å². The second-order valence-corrected chi connectivity index (χ2v) is 1.29. The molecule has 0 rings (SSSR count). The summed E-state index contributed by atoms with van der Waals surface area (Å²) in [6.45, 7) is -4.91. The van der Waals surface area contributed by atoms with Crippen LogP contribution in [0.3, 0.4) is 0 Å². The quantitative estimate of drug-likeness (QED) is 0.525. The molecule has 44 valence electrons. The van der Waals surface area contributed by atoms with E-state index in [-0.39, 0.29) is 6.54 Å². The van der Waals surface area contributed by atoms with Crippen LogP contribution in [0.5, 0.6) is 0 Å². The Kier molecular flexibility index (Phi) is 2.15.